The second-order valence-corrected chi connectivity index (χ2v) is 8.33. The van der Waals surface area contributed by atoms with Crippen molar-refractivity contribution in [1.82, 2.24) is 19.5 Å². The average Bonchev–Trinajstić information content (AvgIpc) is 3.25. The van der Waals surface area contributed by atoms with Crippen LogP contribution in [0, 0.1) is 0 Å². The zero-order valence-electron chi connectivity index (χ0n) is 14.8. The van der Waals surface area contributed by atoms with Gasteiger partial charge < -0.3 is 40.3 Å². The summed E-state index contributed by atoms with van der Waals surface area (Å²) in [5, 5.41) is 24.3. The molecule has 2 fully saturated rings. The smallest absolute Gasteiger partial charge is 0.265 e. The number of nitrogens with zero attached hydrogens (tertiary/aromatic N) is 4. The van der Waals surface area contributed by atoms with Gasteiger partial charge in [0.05, 0.1) is 12.9 Å². The molecular formula is C15H24N6O7P-. The molecule has 2 aliphatic rings. The van der Waals surface area contributed by atoms with E-state index in [-0.39, 0.29) is 25.1 Å². The van der Waals surface area contributed by atoms with Crippen LogP contribution in [0.5, 0.6) is 0 Å². The molecule has 0 amide bonds. The van der Waals surface area contributed by atoms with E-state index in [1.165, 1.54) is 17.8 Å². The van der Waals surface area contributed by atoms with Crippen LogP contribution in [-0.2, 0) is 13.8 Å². The molecule has 6 N–H and O–H groups in total. The Kier molecular flexibility index (Phi) is 5.60. The van der Waals surface area contributed by atoms with Crippen molar-refractivity contribution in [1.29, 1.82) is 0 Å². The van der Waals surface area contributed by atoms with Crippen LogP contribution in [0.1, 0.15) is 33.4 Å². The summed E-state index contributed by atoms with van der Waals surface area (Å²) < 4.78 is 22.1. The number of aromatic nitrogens is 4. The van der Waals surface area contributed by atoms with Crippen LogP contribution < -0.4 is 15.9 Å². The van der Waals surface area contributed by atoms with Gasteiger partial charge in [0.2, 0.25) is 5.95 Å². The predicted molar refractivity (Wildman–Crippen MR) is 99.4 cm³/mol. The molecule has 3 heterocycles. The van der Waals surface area contributed by atoms with Crippen molar-refractivity contribution in [3.8, 4) is 0 Å². The number of nitrogens with one attached hydrogen (secondary N) is 1. The fourth-order valence-electron chi connectivity index (χ4n) is 3.17. The number of ether oxygens (including phenoxy) is 1. The van der Waals surface area contributed by atoms with Crippen LogP contribution in [-0.4, -0.2) is 65.1 Å². The maximum Gasteiger partial charge on any atom is 0.265 e. The molecule has 5 atom stereocenters. The Labute approximate surface area is 166 Å². The lowest BCUT2D eigenvalue weighted by Crippen LogP contribution is -2.44. The van der Waals surface area contributed by atoms with Gasteiger partial charge in [0.15, 0.2) is 23.2 Å². The highest BCUT2D eigenvalue weighted by atomic mass is 31.2. The molecule has 29 heavy (non-hydrogen) atoms. The number of nitrogen functional groups attached to an aromatic ring is 1. The number of fused-ring (bicyclic) bond motifs is 1. The first-order valence-electron chi connectivity index (χ1n) is 8.57. The number of nitrogens with two attached hydrogens (primary N) is 1. The number of anilines is 2. The molecule has 4 rings (SSSR count). The van der Waals surface area contributed by atoms with Crippen molar-refractivity contribution < 1.29 is 33.8 Å². The van der Waals surface area contributed by atoms with Gasteiger partial charge in [-0.05, 0) is 19.8 Å². The number of phosphoric acid groups is 1. The number of rotatable bonds is 6. The molecule has 2 unspecified atom stereocenters. The average molecular weight is 431 g/mol. The first-order valence-corrected chi connectivity index (χ1v) is 10.1. The van der Waals surface area contributed by atoms with Crippen LogP contribution in [0.2, 0.25) is 0 Å². The third-order valence-electron chi connectivity index (χ3n) is 4.77. The molecule has 0 radical (unpaired) electrons. The molecule has 1 saturated heterocycles. The van der Waals surface area contributed by atoms with Gasteiger partial charge in [-0.2, -0.15) is 9.97 Å². The van der Waals surface area contributed by atoms with Crippen LogP contribution in [0.25, 0.3) is 11.2 Å². The standard InChI is InChI=1S/C14H21N6O7P.CH4/c1-14(22)9(21)7(4-26-28(23,24)25)27-12(14)20-5-16-8-10(17-6-2-3-6)18-13(15)19-11(8)20;/h5-7,9,12,21-22H,2-4H2,1H3,(H2,23,24,25)(H3,15,17,18,19);1H4/p-1/t7-,9?,12-,14+;/m1./s1. The second-order valence-electron chi connectivity index (χ2n) is 7.13. The first-order chi connectivity index (χ1) is 13.1. The molecule has 1 aliphatic carbocycles. The Balaban J connectivity index is 0.00000240. The van der Waals surface area contributed by atoms with E-state index in [9.17, 15) is 19.7 Å². The van der Waals surface area contributed by atoms with Gasteiger partial charge in [0, 0.05) is 6.04 Å². The van der Waals surface area contributed by atoms with Gasteiger partial charge in [-0.3, -0.25) is 9.13 Å². The lowest BCUT2D eigenvalue weighted by atomic mass is 9.96. The Morgan fingerprint density at radius 3 is 2.83 bits per heavy atom. The Bertz CT molecular complexity index is 943. The molecule has 14 heteroatoms. The van der Waals surface area contributed by atoms with Gasteiger partial charge in [-0.15, -0.1) is 0 Å². The maximum atomic E-state index is 10.8. The summed E-state index contributed by atoms with van der Waals surface area (Å²) in [4.78, 5) is 32.1. The summed E-state index contributed by atoms with van der Waals surface area (Å²) in [5.74, 6) is 0.442. The number of hydrogen-bond acceptors (Lipinski definition) is 11. The summed E-state index contributed by atoms with van der Waals surface area (Å²) in [6.07, 6.45) is -0.533. The van der Waals surface area contributed by atoms with Crippen molar-refractivity contribution in [2.75, 3.05) is 17.7 Å². The SMILES string of the molecule is C.C[C@]1(O)C(O)[C@@H](COP(=O)([O-])O)O[C@H]1n1cnc2c(NC3CC3)nc(N)nc21. The molecule has 1 aliphatic heterocycles. The van der Waals surface area contributed by atoms with Gasteiger partial charge in [0.25, 0.3) is 7.82 Å². The van der Waals surface area contributed by atoms with E-state index in [2.05, 4.69) is 24.8 Å². The molecule has 2 aromatic rings. The van der Waals surface area contributed by atoms with Gasteiger partial charge in [-0.1, -0.05) is 7.43 Å². The van der Waals surface area contributed by atoms with Crippen LogP contribution in [0.3, 0.4) is 0 Å². The van der Waals surface area contributed by atoms with E-state index >= 15 is 0 Å². The molecule has 162 valence electrons. The van der Waals surface area contributed by atoms with Crippen LogP contribution in [0.15, 0.2) is 6.33 Å². The monoisotopic (exact) mass is 431 g/mol. The molecule has 0 aromatic carbocycles. The molecular weight excluding hydrogens is 407 g/mol. The van der Waals surface area contributed by atoms with E-state index in [1.807, 2.05) is 0 Å². The normalized spacial score (nSPS) is 31.4. The van der Waals surface area contributed by atoms with Gasteiger partial charge in [0.1, 0.15) is 17.8 Å². The zero-order chi connectivity index (χ0) is 20.3. The van der Waals surface area contributed by atoms with E-state index in [4.69, 9.17) is 15.4 Å². The zero-order valence-corrected chi connectivity index (χ0v) is 15.7. The number of aliphatic hydroxyl groups excluding tert-OH is 1. The fourth-order valence-corrected chi connectivity index (χ4v) is 3.51. The lowest BCUT2D eigenvalue weighted by molar-refractivity contribution is -0.222. The second kappa shape index (κ2) is 7.43. The Hall–Kier alpha value is -1.86. The minimum atomic E-state index is -5.01. The third kappa shape index (κ3) is 4.21. The lowest BCUT2D eigenvalue weighted by Gasteiger charge is -2.27. The molecule has 1 saturated carbocycles. The number of imidazole rings is 1. The topological polar surface area (TPSA) is 201 Å². The summed E-state index contributed by atoms with van der Waals surface area (Å²) in [6, 6.07) is 0.290. The highest BCUT2D eigenvalue weighted by molar-refractivity contribution is 7.44. The summed E-state index contributed by atoms with van der Waals surface area (Å²) in [7, 11) is -5.01. The minimum absolute atomic E-state index is 0. The fraction of sp³-hybridized carbons (Fsp3) is 0.667. The van der Waals surface area contributed by atoms with E-state index in [1.54, 1.807) is 0 Å². The van der Waals surface area contributed by atoms with Crippen molar-refractivity contribution in [3.63, 3.8) is 0 Å². The van der Waals surface area contributed by atoms with Crippen molar-refractivity contribution in [2.24, 2.45) is 0 Å². The van der Waals surface area contributed by atoms with Crippen molar-refractivity contribution in [2.45, 2.75) is 57.3 Å². The predicted octanol–water partition coefficient (Wildman–Crippen LogP) is -0.894. The maximum absolute atomic E-state index is 10.8. The third-order valence-corrected chi connectivity index (χ3v) is 5.24. The minimum Gasteiger partial charge on any atom is -0.756 e. The van der Waals surface area contributed by atoms with E-state index < -0.39 is 38.5 Å². The van der Waals surface area contributed by atoms with Crippen molar-refractivity contribution in [3.05, 3.63) is 6.33 Å². The number of aliphatic hydroxyl groups is 2. The van der Waals surface area contributed by atoms with E-state index in [0.29, 0.717) is 11.3 Å². The largest absolute Gasteiger partial charge is 0.756 e. The number of phosphoric ester groups is 1. The summed E-state index contributed by atoms with van der Waals surface area (Å²) in [5.41, 5.74) is 4.64. The highest BCUT2D eigenvalue weighted by Crippen LogP contribution is 2.42. The molecule has 0 spiro atoms. The van der Waals surface area contributed by atoms with Gasteiger partial charge in [-0.25, -0.2) is 4.98 Å². The molecule has 0 bridgehead atoms. The Morgan fingerprint density at radius 1 is 1.52 bits per heavy atom. The Morgan fingerprint density at radius 2 is 2.21 bits per heavy atom. The summed E-state index contributed by atoms with van der Waals surface area (Å²) >= 11 is 0. The first kappa shape index (κ1) is 21.8. The number of hydrogen-bond donors (Lipinski definition) is 5. The van der Waals surface area contributed by atoms with Gasteiger partial charge >= 0.3 is 0 Å². The quantitative estimate of drug-likeness (QED) is 0.354. The van der Waals surface area contributed by atoms with Crippen LogP contribution in [0.4, 0.5) is 11.8 Å². The molecule has 2 aromatic heterocycles. The van der Waals surface area contributed by atoms with E-state index in [0.717, 1.165) is 12.8 Å². The molecule has 13 nitrogen and oxygen atoms in total. The highest BCUT2D eigenvalue weighted by Gasteiger charge is 2.53. The summed E-state index contributed by atoms with van der Waals surface area (Å²) in [6.45, 7) is 0.640. The van der Waals surface area contributed by atoms with Crippen molar-refractivity contribution >= 4 is 30.8 Å². The van der Waals surface area contributed by atoms with Crippen LogP contribution >= 0.6 is 7.82 Å².